The number of benzene rings is 1. The Morgan fingerprint density at radius 1 is 1.41 bits per heavy atom. The van der Waals surface area contributed by atoms with E-state index in [4.69, 9.17) is 22.9 Å². The van der Waals surface area contributed by atoms with Crippen LogP contribution in [0.1, 0.15) is 23.7 Å². The van der Waals surface area contributed by atoms with Gasteiger partial charge in [0.2, 0.25) is 0 Å². The Kier molecular flexibility index (Phi) is 5.37. The van der Waals surface area contributed by atoms with Crippen LogP contribution in [0.3, 0.4) is 0 Å². The van der Waals surface area contributed by atoms with Gasteiger partial charge in [-0.05, 0) is 56.9 Å². The van der Waals surface area contributed by atoms with Crippen LogP contribution in [0.5, 0.6) is 0 Å². The minimum Gasteiger partial charge on any atom is -0.375 e. The molecule has 116 valence electrons. The number of hydrogen-bond acceptors (Lipinski definition) is 4. The fourth-order valence-electron chi connectivity index (χ4n) is 2.39. The summed E-state index contributed by atoms with van der Waals surface area (Å²) >= 11 is 6.52. The monoisotopic (exact) mass is 332 g/mol. The Hall–Kier alpha value is -1.66. The van der Waals surface area contributed by atoms with E-state index in [0.717, 1.165) is 16.9 Å². The topological polar surface area (TPSA) is 63.3 Å². The normalized spacial score (nSPS) is 11.7. The standard InChI is InChI=1S/C16H20N4S2/c1-9-5-6-14-13(7-9)15(22-4)12(11(3)18-14)8-10(2)19-20-16(17)21/h5-7H,8H2,1-4H3,(H3,17,20,21). The van der Waals surface area contributed by atoms with Crippen molar-refractivity contribution in [3.8, 4) is 0 Å². The number of rotatable bonds is 4. The summed E-state index contributed by atoms with van der Waals surface area (Å²) in [5, 5.41) is 5.57. The molecule has 2 aromatic rings. The smallest absolute Gasteiger partial charge is 0.184 e. The minimum absolute atomic E-state index is 0.174. The summed E-state index contributed by atoms with van der Waals surface area (Å²) in [7, 11) is 0. The minimum atomic E-state index is 0.174. The third-order valence-corrected chi connectivity index (χ3v) is 4.36. The average Bonchev–Trinajstić information content (AvgIpc) is 2.46. The summed E-state index contributed by atoms with van der Waals surface area (Å²) in [6, 6.07) is 6.37. The number of aryl methyl sites for hydroxylation is 2. The molecule has 0 saturated heterocycles. The summed E-state index contributed by atoms with van der Waals surface area (Å²) < 4.78 is 0. The molecule has 0 atom stereocenters. The Morgan fingerprint density at radius 3 is 2.77 bits per heavy atom. The first kappa shape index (κ1) is 16.7. The maximum Gasteiger partial charge on any atom is 0.184 e. The molecule has 1 aromatic carbocycles. The maximum absolute atomic E-state index is 5.41. The molecule has 6 heteroatoms. The van der Waals surface area contributed by atoms with Gasteiger partial charge in [0.1, 0.15) is 0 Å². The molecular weight excluding hydrogens is 312 g/mol. The number of hydrogen-bond donors (Lipinski definition) is 2. The van der Waals surface area contributed by atoms with Crippen molar-refractivity contribution in [3.63, 3.8) is 0 Å². The fourth-order valence-corrected chi connectivity index (χ4v) is 3.29. The van der Waals surface area contributed by atoms with Gasteiger partial charge in [0.15, 0.2) is 5.11 Å². The van der Waals surface area contributed by atoms with Crippen molar-refractivity contribution in [2.45, 2.75) is 32.1 Å². The average molecular weight is 332 g/mol. The Balaban J connectivity index is 2.50. The van der Waals surface area contributed by atoms with Gasteiger partial charge in [-0.3, -0.25) is 10.4 Å². The van der Waals surface area contributed by atoms with Crippen molar-refractivity contribution in [2.24, 2.45) is 10.8 Å². The van der Waals surface area contributed by atoms with E-state index in [2.05, 4.69) is 41.9 Å². The highest BCUT2D eigenvalue weighted by atomic mass is 32.2. The van der Waals surface area contributed by atoms with Gasteiger partial charge in [-0.25, -0.2) is 0 Å². The molecule has 0 bridgehead atoms. The van der Waals surface area contributed by atoms with Crippen molar-refractivity contribution in [3.05, 3.63) is 35.0 Å². The second-order valence-electron chi connectivity index (χ2n) is 5.23. The van der Waals surface area contributed by atoms with E-state index in [0.29, 0.717) is 6.42 Å². The first-order valence-electron chi connectivity index (χ1n) is 6.94. The van der Waals surface area contributed by atoms with Gasteiger partial charge in [-0.15, -0.1) is 11.8 Å². The molecule has 0 spiro atoms. The quantitative estimate of drug-likeness (QED) is 0.389. The third-order valence-electron chi connectivity index (χ3n) is 3.39. The molecule has 0 fully saturated rings. The molecule has 4 nitrogen and oxygen atoms in total. The second-order valence-corrected chi connectivity index (χ2v) is 6.49. The zero-order valence-corrected chi connectivity index (χ0v) is 14.9. The number of thioether (sulfide) groups is 1. The van der Waals surface area contributed by atoms with Gasteiger partial charge >= 0.3 is 0 Å². The first-order chi connectivity index (χ1) is 10.4. The Labute approximate surface area is 140 Å². The number of hydrazone groups is 1. The van der Waals surface area contributed by atoms with Crippen LogP contribution >= 0.6 is 24.0 Å². The summed E-state index contributed by atoms with van der Waals surface area (Å²) in [4.78, 5) is 5.99. The molecule has 22 heavy (non-hydrogen) atoms. The zero-order valence-electron chi connectivity index (χ0n) is 13.2. The van der Waals surface area contributed by atoms with Crippen LogP contribution in [0.4, 0.5) is 0 Å². The van der Waals surface area contributed by atoms with Crippen LogP contribution in [0.15, 0.2) is 28.2 Å². The molecule has 0 aliphatic heterocycles. The van der Waals surface area contributed by atoms with E-state index in [1.807, 2.05) is 13.8 Å². The summed E-state index contributed by atoms with van der Waals surface area (Å²) in [5.41, 5.74) is 13.5. The molecule has 2 rings (SSSR count). The van der Waals surface area contributed by atoms with E-state index in [9.17, 15) is 0 Å². The lowest BCUT2D eigenvalue weighted by molar-refractivity contribution is 1.00. The van der Waals surface area contributed by atoms with E-state index in [1.165, 1.54) is 21.4 Å². The Bertz CT molecular complexity index is 753. The lowest BCUT2D eigenvalue weighted by Crippen LogP contribution is -2.25. The third kappa shape index (κ3) is 3.75. The SMILES string of the molecule is CSc1c(CC(C)=NNC(N)=S)c(C)nc2ccc(C)cc12. The van der Waals surface area contributed by atoms with E-state index in [1.54, 1.807) is 11.8 Å². The van der Waals surface area contributed by atoms with Crippen LogP contribution in [-0.4, -0.2) is 22.1 Å². The molecule has 0 amide bonds. The zero-order chi connectivity index (χ0) is 16.3. The number of aromatic nitrogens is 1. The van der Waals surface area contributed by atoms with Gasteiger partial charge in [0.25, 0.3) is 0 Å². The van der Waals surface area contributed by atoms with Gasteiger partial charge in [-0.2, -0.15) is 5.10 Å². The van der Waals surface area contributed by atoms with Crippen LogP contribution in [0.2, 0.25) is 0 Å². The second kappa shape index (κ2) is 7.07. The molecule has 0 saturated carbocycles. The molecule has 1 aromatic heterocycles. The highest BCUT2D eigenvalue weighted by Crippen LogP contribution is 2.32. The fraction of sp³-hybridized carbons (Fsp3) is 0.312. The molecule has 0 radical (unpaired) electrons. The number of nitrogens with one attached hydrogen (secondary N) is 1. The largest absolute Gasteiger partial charge is 0.375 e. The predicted octanol–water partition coefficient (Wildman–Crippen LogP) is 3.33. The van der Waals surface area contributed by atoms with E-state index < -0.39 is 0 Å². The highest BCUT2D eigenvalue weighted by molar-refractivity contribution is 7.98. The van der Waals surface area contributed by atoms with Gasteiger partial charge in [0, 0.05) is 28.1 Å². The molecule has 0 aliphatic rings. The Morgan fingerprint density at radius 2 is 2.14 bits per heavy atom. The van der Waals surface area contributed by atoms with Crippen molar-refractivity contribution in [1.82, 2.24) is 10.4 Å². The van der Waals surface area contributed by atoms with Crippen molar-refractivity contribution in [2.75, 3.05) is 6.26 Å². The lowest BCUT2D eigenvalue weighted by Gasteiger charge is -2.14. The number of pyridine rings is 1. The summed E-state index contributed by atoms with van der Waals surface area (Å²) in [6.45, 7) is 6.10. The molecule has 3 N–H and O–H groups in total. The van der Waals surface area contributed by atoms with Crippen LogP contribution in [0.25, 0.3) is 10.9 Å². The molecule has 0 unspecified atom stereocenters. The van der Waals surface area contributed by atoms with Crippen molar-refractivity contribution >= 4 is 45.7 Å². The number of thiocarbonyl (C=S) groups is 1. The predicted molar refractivity (Wildman–Crippen MR) is 99.7 cm³/mol. The summed E-state index contributed by atoms with van der Waals surface area (Å²) in [5.74, 6) is 0. The molecule has 0 aliphatic carbocycles. The van der Waals surface area contributed by atoms with Crippen LogP contribution in [0, 0.1) is 13.8 Å². The van der Waals surface area contributed by atoms with E-state index >= 15 is 0 Å². The molecule has 1 heterocycles. The number of nitrogens with zero attached hydrogens (tertiary/aromatic N) is 2. The first-order valence-corrected chi connectivity index (χ1v) is 8.58. The number of nitrogens with two attached hydrogens (primary N) is 1. The van der Waals surface area contributed by atoms with Gasteiger partial charge in [-0.1, -0.05) is 11.6 Å². The lowest BCUT2D eigenvalue weighted by atomic mass is 10.0. The summed E-state index contributed by atoms with van der Waals surface area (Å²) in [6.07, 6.45) is 2.81. The van der Waals surface area contributed by atoms with Crippen molar-refractivity contribution < 1.29 is 0 Å². The van der Waals surface area contributed by atoms with Gasteiger partial charge < -0.3 is 5.73 Å². The van der Waals surface area contributed by atoms with Crippen LogP contribution < -0.4 is 11.2 Å². The van der Waals surface area contributed by atoms with Gasteiger partial charge in [0.05, 0.1) is 5.52 Å². The molecular formula is C16H20N4S2. The van der Waals surface area contributed by atoms with E-state index in [-0.39, 0.29) is 5.11 Å². The van der Waals surface area contributed by atoms with Crippen LogP contribution in [-0.2, 0) is 6.42 Å². The van der Waals surface area contributed by atoms with Crippen molar-refractivity contribution in [1.29, 1.82) is 0 Å². The maximum atomic E-state index is 5.41. The number of fused-ring (bicyclic) bond motifs is 1. The highest BCUT2D eigenvalue weighted by Gasteiger charge is 2.13.